The number of rotatable bonds is 3. The fraction of sp³-hybridized carbons (Fsp3) is 0.115. The quantitative estimate of drug-likeness (QED) is 0.360. The largest absolute Gasteiger partial charge is 0.456 e. The second-order valence-corrected chi connectivity index (χ2v) is 8.99. The van der Waals surface area contributed by atoms with Gasteiger partial charge in [0.25, 0.3) is 5.91 Å². The summed E-state index contributed by atoms with van der Waals surface area (Å²) in [6, 6.07) is 18.3. The van der Waals surface area contributed by atoms with E-state index in [4.69, 9.17) is 4.42 Å². The molecule has 0 fully saturated rings. The lowest BCUT2D eigenvalue weighted by molar-refractivity contribution is 0.102. The maximum atomic E-state index is 12.7. The number of fused-ring (bicyclic) bond motifs is 2. The SMILES string of the molecule is Cc1ccc2nc(NC(=O)c3ccc(-c4cc(=O)c5cc(C)cc(C)c5o4)cc3)sc2c1. The van der Waals surface area contributed by atoms with Crippen LogP contribution in [0.15, 0.2) is 69.9 Å². The molecule has 32 heavy (non-hydrogen) atoms. The highest BCUT2D eigenvalue weighted by atomic mass is 32.1. The Bertz CT molecular complexity index is 1560. The Balaban J connectivity index is 1.42. The molecule has 1 amide bonds. The summed E-state index contributed by atoms with van der Waals surface area (Å²) in [6.45, 7) is 5.91. The van der Waals surface area contributed by atoms with Gasteiger partial charge in [0.05, 0.1) is 15.6 Å². The van der Waals surface area contributed by atoms with Crippen molar-refractivity contribution in [1.29, 1.82) is 0 Å². The summed E-state index contributed by atoms with van der Waals surface area (Å²) >= 11 is 1.45. The standard InChI is InChI=1S/C26H20N2O3S/c1-14-4-9-20-23(12-14)32-26(27-20)28-25(30)18-7-5-17(6-8-18)22-13-21(29)19-11-15(2)10-16(3)24(19)31-22/h4-13H,1-3H3,(H,27,28,30). The smallest absolute Gasteiger partial charge is 0.257 e. The van der Waals surface area contributed by atoms with Crippen molar-refractivity contribution in [2.75, 3.05) is 5.32 Å². The minimum atomic E-state index is -0.237. The van der Waals surface area contributed by atoms with Crippen LogP contribution in [0.5, 0.6) is 0 Å². The number of anilines is 1. The fourth-order valence-electron chi connectivity index (χ4n) is 3.79. The van der Waals surface area contributed by atoms with Gasteiger partial charge in [0.1, 0.15) is 11.3 Å². The van der Waals surface area contributed by atoms with Gasteiger partial charge in [-0.1, -0.05) is 35.6 Å². The van der Waals surface area contributed by atoms with Crippen molar-refractivity contribution in [2.45, 2.75) is 20.8 Å². The summed E-state index contributed by atoms with van der Waals surface area (Å²) in [4.78, 5) is 29.8. The number of amides is 1. The molecule has 0 saturated carbocycles. The van der Waals surface area contributed by atoms with Crippen LogP contribution in [0.1, 0.15) is 27.0 Å². The van der Waals surface area contributed by atoms with E-state index in [1.54, 1.807) is 24.3 Å². The van der Waals surface area contributed by atoms with E-state index in [1.165, 1.54) is 17.4 Å². The van der Waals surface area contributed by atoms with Crippen LogP contribution >= 0.6 is 11.3 Å². The van der Waals surface area contributed by atoms with Crippen molar-refractivity contribution in [2.24, 2.45) is 0 Å². The van der Waals surface area contributed by atoms with E-state index >= 15 is 0 Å². The van der Waals surface area contributed by atoms with Gasteiger partial charge in [-0.25, -0.2) is 4.98 Å². The highest BCUT2D eigenvalue weighted by molar-refractivity contribution is 7.22. The second-order valence-electron chi connectivity index (χ2n) is 7.96. The molecule has 0 spiro atoms. The average molecular weight is 441 g/mol. The Labute approximate surface area is 188 Å². The maximum Gasteiger partial charge on any atom is 0.257 e. The number of nitrogens with zero attached hydrogens (tertiary/aromatic N) is 1. The number of aryl methyl sites for hydroxylation is 3. The van der Waals surface area contributed by atoms with Gasteiger partial charge in [0, 0.05) is 17.2 Å². The number of hydrogen-bond donors (Lipinski definition) is 1. The third-order valence-electron chi connectivity index (χ3n) is 5.35. The Morgan fingerprint density at radius 3 is 2.50 bits per heavy atom. The Morgan fingerprint density at radius 1 is 0.938 bits per heavy atom. The summed E-state index contributed by atoms with van der Waals surface area (Å²) < 4.78 is 7.08. The van der Waals surface area contributed by atoms with Crippen molar-refractivity contribution in [3.05, 3.63) is 93.1 Å². The molecule has 3 aromatic carbocycles. The number of hydrogen-bond acceptors (Lipinski definition) is 5. The molecule has 0 aliphatic rings. The van der Waals surface area contributed by atoms with Gasteiger partial charge in [-0.15, -0.1) is 0 Å². The third kappa shape index (κ3) is 3.69. The minimum absolute atomic E-state index is 0.0825. The van der Waals surface area contributed by atoms with Gasteiger partial charge in [-0.3, -0.25) is 14.9 Å². The zero-order valence-corrected chi connectivity index (χ0v) is 18.7. The summed E-state index contributed by atoms with van der Waals surface area (Å²) in [5.74, 6) is 0.238. The van der Waals surface area contributed by atoms with Crippen molar-refractivity contribution >= 4 is 43.6 Å². The third-order valence-corrected chi connectivity index (χ3v) is 6.29. The Kier molecular flexibility index (Phi) is 4.87. The van der Waals surface area contributed by atoms with Crippen LogP contribution < -0.4 is 10.7 Å². The van der Waals surface area contributed by atoms with E-state index in [0.29, 0.717) is 27.4 Å². The van der Waals surface area contributed by atoms with E-state index in [1.807, 2.05) is 45.0 Å². The molecule has 0 atom stereocenters. The summed E-state index contributed by atoms with van der Waals surface area (Å²) in [5.41, 5.74) is 5.69. The molecule has 0 unspecified atom stereocenters. The predicted molar refractivity (Wildman–Crippen MR) is 130 cm³/mol. The number of aromatic nitrogens is 1. The van der Waals surface area contributed by atoms with Crippen molar-refractivity contribution in [1.82, 2.24) is 4.98 Å². The van der Waals surface area contributed by atoms with Gasteiger partial charge in [-0.2, -0.15) is 0 Å². The molecule has 6 heteroatoms. The van der Waals surface area contributed by atoms with Crippen LogP contribution in [-0.4, -0.2) is 10.9 Å². The van der Waals surface area contributed by atoms with Crippen LogP contribution in [-0.2, 0) is 0 Å². The number of nitrogens with one attached hydrogen (secondary N) is 1. The molecule has 2 heterocycles. The summed E-state index contributed by atoms with van der Waals surface area (Å²) in [7, 11) is 0. The summed E-state index contributed by atoms with van der Waals surface area (Å²) in [5, 5.41) is 4.01. The lowest BCUT2D eigenvalue weighted by atomic mass is 10.1. The lowest BCUT2D eigenvalue weighted by Gasteiger charge is -2.07. The molecule has 5 aromatic rings. The molecule has 0 radical (unpaired) electrons. The summed E-state index contributed by atoms with van der Waals surface area (Å²) in [6.07, 6.45) is 0. The Morgan fingerprint density at radius 2 is 1.72 bits per heavy atom. The molecular weight excluding hydrogens is 420 g/mol. The maximum absolute atomic E-state index is 12.7. The molecular formula is C26H20N2O3S. The van der Waals surface area contributed by atoms with Gasteiger partial charge >= 0.3 is 0 Å². The van der Waals surface area contributed by atoms with Crippen LogP contribution in [0.25, 0.3) is 32.5 Å². The van der Waals surface area contributed by atoms with Crippen LogP contribution in [0, 0.1) is 20.8 Å². The number of benzene rings is 3. The van der Waals surface area contributed by atoms with Crippen molar-refractivity contribution in [3.8, 4) is 11.3 Å². The first-order valence-electron chi connectivity index (χ1n) is 10.2. The predicted octanol–water partition coefficient (Wildman–Crippen LogP) is 6.25. The highest BCUT2D eigenvalue weighted by Gasteiger charge is 2.13. The van der Waals surface area contributed by atoms with Crippen molar-refractivity contribution in [3.63, 3.8) is 0 Å². The van der Waals surface area contributed by atoms with E-state index in [2.05, 4.69) is 16.4 Å². The van der Waals surface area contributed by atoms with Gasteiger partial charge in [0.2, 0.25) is 0 Å². The normalized spacial score (nSPS) is 11.2. The average Bonchev–Trinajstić information content (AvgIpc) is 3.15. The van der Waals surface area contributed by atoms with Crippen molar-refractivity contribution < 1.29 is 9.21 Å². The zero-order chi connectivity index (χ0) is 22.4. The van der Waals surface area contributed by atoms with E-state index in [9.17, 15) is 9.59 Å². The van der Waals surface area contributed by atoms with Crippen LogP contribution in [0.2, 0.25) is 0 Å². The lowest BCUT2D eigenvalue weighted by Crippen LogP contribution is -2.11. The first-order valence-corrected chi connectivity index (χ1v) is 11.0. The van der Waals surface area contributed by atoms with E-state index < -0.39 is 0 Å². The van der Waals surface area contributed by atoms with Gasteiger partial charge < -0.3 is 4.42 Å². The molecule has 5 rings (SSSR count). The first kappa shape index (κ1) is 20.2. The molecule has 0 saturated heterocycles. The van der Waals surface area contributed by atoms with E-state index in [0.717, 1.165) is 32.5 Å². The fourth-order valence-corrected chi connectivity index (χ4v) is 4.75. The molecule has 1 N–H and O–H groups in total. The molecule has 0 aliphatic heterocycles. The van der Waals surface area contributed by atoms with Gasteiger partial charge in [-0.05, 0) is 67.8 Å². The molecule has 158 valence electrons. The second kappa shape index (κ2) is 7.73. The first-order chi connectivity index (χ1) is 15.4. The van der Waals surface area contributed by atoms with Crippen LogP contribution in [0.4, 0.5) is 5.13 Å². The van der Waals surface area contributed by atoms with Gasteiger partial charge in [0.15, 0.2) is 10.6 Å². The number of carbonyl (C=O) groups excluding carboxylic acids is 1. The molecule has 0 aliphatic carbocycles. The monoisotopic (exact) mass is 440 g/mol. The number of thiazole rings is 1. The molecule has 2 aromatic heterocycles. The highest BCUT2D eigenvalue weighted by Crippen LogP contribution is 2.28. The molecule has 0 bridgehead atoms. The zero-order valence-electron chi connectivity index (χ0n) is 17.9. The Hall–Kier alpha value is -3.77. The van der Waals surface area contributed by atoms with E-state index in [-0.39, 0.29) is 11.3 Å². The van der Waals surface area contributed by atoms with Crippen LogP contribution in [0.3, 0.4) is 0 Å². The topological polar surface area (TPSA) is 72.2 Å². The number of carbonyl (C=O) groups is 1. The minimum Gasteiger partial charge on any atom is -0.456 e. The molecule has 5 nitrogen and oxygen atoms in total.